The third-order valence-corrected chi connectivity index (χ3v) is 1.30. The molecule has 0 aromatic rings. The van der Waals surface area contributed by atoms with E-state index in [-0.39, 0.29) is 18.4 Å². The summed E-state index contributed by atoms with van der Waals surface area (Å²) in [5.41, 5.74) is 5.23. The zero-order valence-corrected chi connectivity index (χ0v) is 5.39. The molecule has 1 unspecified atom stereocenters. The van der Waals surface area contributed by atoms with Crippen LogP contribution < -0.4 is 16.4 Å². The lowest BCUT2D eigenvalue weighted by Gasteiger charge is -2.20. The topological polar surface area (TPSA) is 84.2 Å². The highest BCUT2D eigenvalue weighted by Gasteiger charge is 2.21. The van der Waals surface area contributed by atoms with Gasteiger partial charge in [-0.1, -0.05) is 0 Å². The van der Waals surface area contributed by atoms with Crippen LogP contribution >= 0.6 is 0 Å². The first-order valence-electron chi connectivity index (χ1n) is 3.03. The van der Waals surface area contributed by atoms with Gasteiger partial charge >= 0.3 is 6.03 Å². The van der Waals surface area contributed by atoms with E-state index < -0.39 is 6.03 Å². The van der Waals surface area contributed by atoms with E-state index in [0.717, 1.165) is 0 Å². The van der Waals surface area contributed by atoms with Crippen LogP contribution in [0.2, 0.25) is 0 Å². The molecule has 0 aromatic carbocycles. The molecule has 1 heterocycles. The fraction of sp³-hybridized carbons (Fsp3) is 0.600. The fourth-order valence-corrected chi connectivity index (χ4v) is 0.816. The molecule has 0 aliphatic carbocycles. The SMILES string of the molecule is NCC1CC(=O)NC(=O)N1. The second-order valence-corrected chi connectivity index (χ2v) is 2.16. The molecule has 1 aliphatic heterocycles. The van der Waals surface area contributed by atoms with E-state index in [1.807, 2.05) is 0 Å². The number of urea groups is 1. The maximum absolute atomic E-state index is 10.6. The molecule has 0 radical (unpaired) electrons. The van der Waals surface area contributed by atoms with Gasteiger partial charge in [0.2, 0.25) is 5.91 Å². The summed E-state index contributed by atoms with van der Waals surface area (Å²) in [4.78, 5) is 21.2. The minimum absolute atomic E-state index is 0.193. The number of hydrogen-bond acceptors (Lipinski definition) is 3. The molecular weight excluding hydrogens is 134 g/mol. The smallest absolute Gasteiger partial charge is 0.321 e. The van der Waals surface area contributed by atoms with E-state index in [1.165, 1.54) is 0 Å². The largest absolute Gasteiger partial charge is 0.333 e. The Kier molecular flexibility index (Phi) is 1.86. The summed E-state index contributed by atoms with van der Waals surface area (Å²) in [6.07, 6.45) is 0.280. The molecule has 1 rings (SSSR count). The van der Waals surface area contributed by atoms with Crippen molar-refractivity contribution < 1.29 is 9.59 Å². The van der Waals surface area contributed by atoms with Gasteiger partial charge < -0.3 is 11.1 Å². The average Bonchev–Trinajstić information content (AvgIpc) is 1.85. The third-order valence-electron chi connectivity index (χ3n) is 1.30. The van der Waals surface area contributed by atoms with E-state index in [1.54, 1.807) is 0 Å². The molecule has 10 heavy (non-hydrogen) atoms. The highest BCUT2D eigenvalue weighted by molar-refractivity contribution is 5.97. The maximum Gasteiger partial charge on any atom is 0.321 e. The molecule has 0 aromatic heterocycles. The number of nitrogens with one attached hydrogen (secondary N) is 2. The second-order valence-electron chi connectivity index (χ2n) is 2.16. The first kappa shape index (κ1) is 7.01. The number of carbonyl (C=O) groups is 2. The van der Waals surface area contributed by atoms with Gasteiger partial charge in [0.15, 0.2) is 0 Å². The molecule has 5 heteroatoms. The maximum atomic E-state index is 10.6. The molecule has 1 aliphatic rings. The normalized spacial score (nSPS) is 25.5. The Hall–Kier alpha value is -1.10. The van der Waals surface area contributed by atoms with E-state index in [9.17, 15) is 9.59 Å². The van der Waals surface area contributed by atoms with Gasteiger partial charge in [-0.2, -0.15) is 0 Å². The first-order chi connectivity index (χ1) is 4.72. The van der Waals surface area contributed by atoms with Crippen molar-refractivity contribution in [1.29, 1.82) is 0 Å². The Labute approximate surface area is 58.0 Å². The number of imide groups is 1. The van der Waals surface area contributed by atoms with Crippen molar-refractivity contribution in [1.82, 2.24) is 10.6 Å². The number of nitrogens with two attached hydrogens (primary N) is 1. The summed E-state index contributed by atoms with van der Waals surface area (Å²) >= 11 is 0. The lowest BCUT2D eigenvalue weighted by Crippen LogP contribution is -2.54. The summed E-state index contributed by atoms with van der Waals surface area (Å²) in [5.74, 6) is -0.265. The van der Waals surface area contributed by atoms with Gasteiger partial charge in [-0.05, 0) is 0 Å². The van der Waals surface area contributed by atoms with Crippen molar-refractivity contribution in [2.45, 2.75) is 12.5 Å². The molecule has 1 atom stereocenters. The summed E-state index contributed by atoms with van der Waals surface area (Å²) in [5, 5.41) is 4.60. The van der Waals surface area contributed by atoms with Crippen LogP contribution in [0.3, 0.4) is 0 Å². The fourth-order valence-electron chi connectivity index (χ4n) is 0.816. The van der Waals surface area contributed by atoms with Crippen molar-refractivity contribution in [3.8, 4) is 0 Å². The van der Waals surface area contributed by atoms with Crippen molar-refractivity contribution in [3.05, 3.63) is 0 Å². The zero-order chi connectivity index (χ0) is 7.56. The molecule has 1 saturated heterocycles. The second kappa shape index (κ2) is 2.66. The molecule has 5 nitrogen and oxygen atoms in total. The number of hydrogen-bond donors (Lipinski definition) is 3. The average molecular weight is 143 g/mol. The Morgan fingerprint density at radius 3 is 2.80 bits per heavy atom. The highest BCUT2D eigenvalue weighted by Crippen LogP contribution is 1.94. The van der Waals surface area contributed by atoms with Crippen LogP contribution in [0.5, 0.6) is 0 Å². The zero-order valence-electron chi connectivity index (χ0n) is 5.39. The number of carbonyl (C=O) groups excluding carboxylic acids is 2. The minimum atomic E-state index is -0.452. The Balaban J connectivity index is 2.50. The van der Waals surface area contributed by atoms with Gasteiger partial charge in [-0.3, -0.25) is 10.1 Å². The van der Waals surface area contributed by atoms with Crippen molar-refractivity contribution in [2.75, 3.05) is 6.54 Å². The monoisotopic (exact) mass is 143 g/mol. The predicted octanol–water partition coefficient (Wildman–Crippen LogP) is -1.46. The predicted molar refractivity (Wildman–Crippen MR) is 34.1 cm³/mol. The molecule has 3 amide bonds. The number of amides is 3. The third kappa shape index (κ3) is 1.44. The standard InChI is InChI=1S/C5H9N3O2/c6-2-3-1-4(9)8-5(10)7-3/h3H,1-2,6H2,(H2,7,8,9,10). The van der Waals surface area contributed by atoms with Gasteiger partial charge in [0, 0.05) is 13.0 Å². The Bertz CT molecular complexity index is 152. The molecule has 0 saturated carbocycles. The molecule has 0 spiro atoms. The van der Waals surface area contributed by atoms with Crippen LogP contribution in [-0.4, -0.2) is 24.5 Å². The van der Waals surface area contributed by atoms with E-state index in [2.05, 4.69) is 10.6 Å². The van der Waals surface area contributed by atoms with Crippen LogP contribution in [0.4, 0.5) is 4.79 Å². The van der Waals surface area contributed by atoms with Crippen LogP contribution in [0.1, 0.15) is 6.42 Å². The summed E-state index contributed by atoms with van der Waals surface area (Å²) in [6.45, 7) is 0.305. The van der Waals surface area contributed by atoms with E-state index in [4.69, 9.17) is 5.73 Å². The van der Waals surface area contributed by atoms with Crippen molar-refractivity contribution >= 4 is 11.9 Å². The van der Waals surface area contributed by atoms with E-state index >= 15 is 0 Å². The van der Waals surface area contributed by atoms with Gasteiger partial charge in [-0.25, -0.2) is 4.79 Å². The van der Waals surface area contributed by atoms with Crippen molar-refractivity contribution in [3.63, 3.8) is 0 Å². The van der Waals surface area contributed by atoms with Gasteiger partial charge in [0.1, 0.15) is 0 Å². The molecular formula is C5H9N3O2. The highest BCUT2D eigenvalue weighted by atomic mass is 16.2. The molecule has 1 fully saturated rings. The van der Waals surface area contributed by atoms with Crippen LogP contribution in [0, 0.1) is 0 Å². The minimum Gasteiger partial charge on any atom is -0.333 e. The summed E-state index contributed by atoms with van der Waals surface area (Å²) < 4.78 is 0. The Morgan fingerprint density at radius 2 is 2.30 bits per heavy atom. The number of rotatable bonds is 1. The van der Waals surface area contributed by atoms with Crippen LogP contribution in [-0.2, 0) is 4.79 Å². The lowest BCUT2D eigenvalue weighted by atomic mass is 10.2. The quantitative estimate of drug-likeness (QED) is 0.419. The molecule has 0 bridgehead atoms. The van der Waals surface area contributed by atoms with Gasteiger partial charge in [-0.15, -0.1) is 0 Å². The lowest BCUT2D eigenvalue weighted by molar-refractivity contribution is -0.121. The summed E-state index contributed by atoms with van der Waals surface area (Å²) in [7, 11) is 0. The van der Waals surface area contributed by atoms with Crippen LogP contribution in [0.25, 0.3) is 0 Å². The molecule has 4 N–H and O–H groups in total. The molecule has 56 valence electrons. The van der Waals surface area contributed by atoms with Crippen molar-refractivity contribution in [2.24, 2.45) is 5.73 Å². The summed E-state index contributed by atoms with van der Waals surface area (Å²) in [6, 6.07) is -0.645. The van der Waals surface area contributed by atoms with Gasteiger partial charge in [0.25, 0.3) is 0 Å². The van der Waals surface area contributed by atoms with Gasteiger partial charge in [0.05, 0.1) is 6.04 Å². The van der Waals surface area contributed by atoms with Crippen LogP contribution in [0.15, 0.2) is 0 Å². The van der Waals surface area contributed by atoms with E-state index in [0.29, 0.717) is 6.54 Å². The first-order valence-corrected chi connectivity index (χ1v) is 3.03. The Morgan fingerprint density at radius 1 is 1.60 bits per heavy atom.